The Balaban J connectivity index is 3.36. The van der Waals surface area contributed by atoms with Gasteiger partial charge < -0.3 is 4.98 Å². The Morgan fingerprint density at radius 1 is 1.42 bits per heavy atom. The van der Waals surface area contributed by atoms with Crippen LogP contribution in [0.3, 0.4) is 0 Å². The van der Waals surface area contributed by atoms with E-state index < -0.39 is 22.3 Å². The average molecular weight is 198 g/mol. The minimum atomic E-state index is -4.58. The molecule has 0 aliphatic heterocycles. The Hall–Kier alpha value is -0.970. The van der Waals surface area contributed by atoms with Crippen LogP contribution in [0.5, 0.6) is 0 Å². The molecule has 0 radical (unpaired) electrons. The van der Waals surface area contributed by atoms with Crippen LogP contribution in [-0.4, -0.2) is 4.98 Å². The summed E-state index contributed by atoms with van der Waals surface area (Å²) in [4.78, 5) is 12.6. The lowest BCUT2D eigenvalue weighted by atomic mass is 10.2. The third-order valence-electron chi connectivity index (χ3n) is 1.21. The van der Waals surface area contributed by atoms with E-state index in [9.17, 15) is 18.0 Å². The fourth-order valence-electron chi connectivity index (χ4n) is 0.678. The highest BCUT2D eigenvalue weighted by Gasteiger charge is 2.33. The highest BCUT2D eigenvalue weighted by Crippen LogP contribution is 2.32. The van der Waals surface area contributed by atoms with Crippen molar-refractivity contribution in [3.8, 4) is 0 Å². The molecule has 1 aromatic rings. The number of alkyl halides is 3. The van der Waals surface area contributed by atoms with Crippen molar-refractivity contribution < 1.29 is 13.2 Å². The summed E-state index contributed by atoms with van der Waals surface area (Å²) in [5, 5.41) is -0.829. The number of aromatic amines is 1. The second-order valence-corrected chi connectivity index (χ2v) is 2.41. The summed E-state index contributed by atoms with van der Waals surface area (Å²) in [6, 6.07) is 0.712. The zero-order valence-corrected chi connectivity index (χ0v) is 6.33. The molecule has 0 spiro atoms. The number of aromatic nitrogens is 1. The highest BCUT2D eigenvalue weighted by atomic mass is 35.5. The van der Waals surface area contributed by atoms with Crippen molar-refractivity contribution in [1.82, 2.24) is 4.98 Å². The van der Waals surface area contributed by atoms with Gasteiger partial charge in [0, 0.05) is 6.20 Å². The van der Waals surface area contributed by atoms with E-state index in [-0.39, 0.29) is 0 Å². The number of H-pyrrole nitrogens is 1. The van der Waals surface area contributed by atoms with Crippen LogP contribution in [0, 0.1) is 0 Å². The number of halogens is 4. The lowest BCUT2D eigenvalue weighted by molar-refractivity contribution is -0.137. The smallest absolute Gasteiger partial charge is 0.328 e. The molecule has 1 heterocycles. The second-order valence-electron chi connectivity index (χ2n) is 2.03. The van der Waals surface area contributed by atoms with Crippen molar-refractivity contribution in [2.24, 2.45) is 0 Å². The molecule has 2 nitrogen and oxygen atoms in total. The Morgan fingerprint density at radius 2 is 2.00 bits per heavy atom. The summed E-state index contributed by atoms with van der Waals surface area (Å²) >= 11 is 5.11. The van der Waals surface area contributed by atoms with Crippen LogP contribution in [-0.2, 0) is 6.18 Å². The molecule has 1 N–H and O–H groups in total. The Kier molecular flexibility index (Phi) is 2.14. The van der Waals surface area contributed by atoms with Gasteiger partial charge in [-0.3, -0.25) is 4.79 Å². The molecular weight excluding hydrogens is 195 g/mol. The van der Waals surface area contributed by atoms with Crippen molar-refractivity contribution in [2.45, 2.75) is 6.18 Å². The van der Waals surface area contributed by atoms with Gasteiger partial charge in [-0.1, -0.05) is 11.6 Å². The van der Waals surface area contributed by atoms with Crippen LogP contribution in [0.4, 0.5) is 13.2 Å². The van der Waals surface area contributed by atoms with Gasteiger partial charge in [-0.05, 0) is 6.07 Å². The van der Waals surface area contributed by atoms with E-state index in [0.717, 1.165) is 6.20 Å². The molecule has 0 atom stereocenters. The second kappa shape index (κ2) is 2.82. The Bertz CT molecular complexity index is 343. The van der Waals surface area contributed by atoms with Crippen LogP contribution in [0.15, 0.2) is 17.1 Å². The predicted octanol–water partition coefficient (Wildman–Crippen LogP) is 2.05. The van der Waals surface area contributed by atoms with Crippen LogP contribution in [0.1, 0.15) is 5.56 Å². The first-order chi connectivity index (χ1) is 5.43. The molecule has 6 heteroatoms. The lowest BCUT2D eigenvalue weighted by Crippen LogP contribution is -2.14. The normalized spacial score (nSPS) is 11.7. The maximum Gasteiger partial charge on any atom is 0.418 e. The minimum Gasteiger partial charge on any atom is -0.328 e. The lowest BCUT2D eigenvalue weighted by Gasteiger charge is -2.06. The number of hydrogen-bond donors (Lipinski definition) is 1. The summed E-state index contributed by atoms with van der Waals surface area (Å²) in [5.74, 6) is 0. The van der Waals surface area contributed by atoms with Crippen molar-refractivity contribution in [1.29, 1.82) is 0 Å². The van der Waals surface area contributed by atoms with E-state index >= 15 is 0 Å². The van der Waals surface area contributed by atoms with Crippen molar-refractivity contribution in [2.75, 3.05) is 0 Å². The van der Waals surface area contributed by atoms with E-state index in [1.807, 2.05) is 4.98 Å². The molecule has 0 bridgehead atoms. The molecule has 1 aromatic heterocycles. The summed E-state index contributed by atoms with van der Waals surface area (Å²) in [6.45, 7) is 0. The van der Waals surface area contributed by atoms with Crippen molar-refractivity contribution >= 4 is 11.6 Å². The third-order valence-corrected chi connectivity index (χ3v) is 1.58. The van der Waals surface area contributed by atoms with Crippen molar-refractivity contribution in [3.63, 3.8) is 0 Å². The van der Waals surface area contributed by atoms with Gasteiger partial charge >= 0.3 is 6.18 Å². The zero-order chi connectivity index (χ0) is 9.35. The Morgan fingerprint density at radius 3 is 2.42 bits per heavy atom. The van der Waals surface area contributed by atoms with Crippen LogP contribution in [0.2, 0.25) is 5.02 Å². The standard InChI is InChI=1S/C6H3ClF3NO/c7-4-3(6(8,9)10)1-2-11-5(4)12/h1-2H,(H,11,12). The zero-order valence-electron chi connectivity index (χ0n) is 5.57. The van der Waals surface area contributed by atoms with Crippen LogP contribution in [0.25, 0.3) is 0 Å². The number of hydrogen-bond acceptors (Lipinski definition) is 1. The molecule has 0 aliphatic carbocycles. The van der Waals surface area contributed by atoms with Gasteiger partial charge in [-0.2, -0.15) is 13.2 Å². The molecular formula is C6H3ClF3NO. The summed E-state index contributed by atoms with van der Waals surface area (Å²) in [6.07, 6.45) is -3.68. The highest BCUT2D eigenvalue weighted by molar-refractivity contribution is 6.31. The van der Waals surface area contributed by atoms with E-state index in [2.05, 4.69) is 0 Å². The number of nitrogens with one attached hydrogen (secondary N) is 1. The molecule has 0 fully saturated rings. The average Bonchev–Trinajstić information content (AvgIpc) is 1.92. The molecule has 0 aromatic carbocycles. The van der Waals surface area contributed by atoms with Gasteiger partial charge in [0.2, 0.25) is 0 Å². The minimum absolute atomic E-state index is 0.712. The van der Waals surface area contributed by atoms with E-state index in [4.69, 9.17) is 11.6 Å². The summed E-state index contributed by atoms with van der Waals surface area (Å²) in [5.41, 5.74) is -2.06. The maximum absolute atomic E-state index is 12.0. The monoisotopic (exact) mass is 197 g/mol. The molecule has 66 valence electrons. The summed E-state index contributed by atoms with van der Waals surface area (Å²) in [7, 11) is 0. The topological polar surface area (TPSA) is 32.9 Å². The molecule has 0 saturated heterocycles. The summed E-state index contributed by atoms with van der Waals surface area (Å²) < 4.78 is 36.0. The fourth-order valence-corrected chi connectivity index (χ4v) is 0.903. The van der Waals surface area contributed by atoms with Gasteiger partial charge in [-0.25, -0.2) is 0 Å². The van der Waals surface area contributed by atoms with Crippen LogP contribution < -0.4 is 5.56 Å². The molecule has 1 rings (SSSR count). The fraction of sp³-hybridized carbons (Fsp3) is 0.167. The first kappa shape index (κ1) is 9.12. The molecule has 0 saturated carbocycles. The van der Waals surface area contributed by atoms with Gasteiger partial charge in [0.25, 0.3) is 5.56 Å². The first-order valence-electron chi connectivity index (χ1n) is 2.87. The number of pyridine rings is 1. The van der Waals surface area contributed by atoms with Gasteiger partial charge in [0.1, 0.15) is 5.02 Å². The Labute approximate surface area is 70.0 Å². The molecule has 0 amide bonds. The predicted molar refractivity (Wildman–Crippen MR) is 37.1 cm³/mol. The van der Waals surface area contributed by atoms with E-state index in [1.165, 1.54) is 0 Å². The molecule has 12 heavy (non-hydrogen) atoms. The first-order valence-corrected chi connectivity index (χ1v) is 3.25. The van der Waals surface area contributed by atoms with Gasteiger partial charge in [0.15, 0.2) is 0 Å². The molecule has 0 unspecified atom stereocenters. The third kappa shape index (κ3) is 1.61. The molecule has 0 aliphatic rings. The van der Waals surface area contributed by atoms with Crippen LogP contribution >= 0.6 is 11.6 Å². The maximum atomic E-state index is 12.0. The number of rotatable bonds is 0. The van der Waals surface area contributed by atoms with E-state index in [1.54, 1.807) is 0 Å². The SMILES string of the molecule is O=c1[nH]ccc(C(F)(F)F)c1Cl. The van der Waals surface area contributed by atoms with E-state index in [0.29, 0.717) is 6.07 Å². The van der Waals surface area contributed by atoms with Gasteiger partial charge in [0.05, 0.1) is 5.56 Å². The largest absolute Gasteiger partial charge is 0.418 e. The van der Waals surface area contributed by atoms with Crippen molar-refractivity contribution in [3.05, 3.63) is 33.2 Å². The van der Waals surface area contributed by atoms with Gasteiger partial charge in [-0.15, -0.1) is 0 Å². The quantitative estimate of drug-likeness (QED) is 0.678.